The van der Waals surface area contributed by atoms with Gasteiger partial charge in [-0.05, 0) is 24.3 Å². The van der Waals surface area contributed by atoms with Crippen LogP contribution in [0.25, 0.3) is 10.4 Å². The van der Waals surface area contributed by atoms with Gasteiger partial charge in [-0.15, -0.1) is 0 Å². The van der Waals surface area contributed by atoms with E-state index in [1.54, 1.807) is 12.3 Å². The number of hydrogen-bond acceptors (Lipinski definition) is 6. The number of nitrogens with one attached hydrogen (secondary N) is 1. The molecule has 3 rings (SSSR count). The van der Waals surface area contributed by atoms with E-state index in [4.69, 9.17) is 5.73 Å². The molecule has 0 amide bonds. The molecule has 0 atom stereocenters. The fourth-order valence-corrected chi connectivity index (χ4v) is 2.87. The molecule has 0 bridgehead atoms. The summed E-state index contributed by atoms with van der Waals surface area (Å²) < 4.78 is 0. The Morgan fingerprint density at radius 3 is 2.71 bits per heavy atom. The van der Waals surface area contributed by atoms with Crippen molar-refractivity contribution < 1.29 is 4.79 Å². The number of carbonyl (C=O) groups excluding carboxylic acids is 1. The first kappa shape index (κ1) is 13.3. The third kappa shape index (κ3) is 2.75. The first-order chi connectivity index (χ1) is 10.3. The van der Waals surface area contributed by atoms with Gasteiger partial charge in [-0.2, -0.15) is 0 Å². The van der Waals surface area contributed by atoms with E-state index < -0.39 is 0 Å². The number of benzene rings is 1. The summed E-state index contributed by atoms with van der Waals surface area (Å²) in [5, 5.41) is 3.87. The van der Waals surface area contributed by atoms with Crippen molar-refractivity contribution in [3.8, 4) is 10.4 Å². The van der Waals surface area contributed by atoms with Gasteiger partial charge in [-0.3, -0.25) is 9.78 Å². The Labute approximate surface area is 125 Å². The van der Waals surface area contributed by atoms with Crippen molar-refractivity contribution in [3.63, 3.8) is 0 Å². The molecule has 21 heavy (non-hydrogen) atoms. The molecule has 2 heterocycles. The van der Waals surface area contributed by atoms with Crippen LogP contribution in [0.2, 0.25) is 0 Å². The average molecular weight is 296 g/mol. The summed E-state index contributed by atoms with van der Waals surface area (Å²) in [4.78, 5) is 20.2. The minimum absolute atomic E-state index is 0.360. The van der Waals surface area contributed by atoms with Crippen LogP contribution in [0.4, 0.5) is 16.6 Å². The van der Waals surface area contributed by atoms with Gasteiger partial charge in [0.1, 0.15) is 11.5 Å². The van der Waals surface area contributed by atoms with Crippen molar-refractivity contribution in [1.29, 1.82) is 0 Å². The first-order valence-electron chi connectivity index (χ1n) is 6.27. The van der Waals surface area contributed by atoms with E-state index in [0.29, 0.717) is 22.2 Å². The Kier molecular flexibility index (Phi) is 3.61. The van der Waals surface area contributed by atoms with Crippen molar-refractivity contribution in [2.45, 2.75) is 0 Å². The average Bonchev–Trinajstić information content (AvgIpc) is 2.88. The van der Waals surface area contributed by atoms with E-state index >= 15 is 0 Å². The van der Waals surface area contributed by atoms with Gasteiger partial charge in [0.2, 0.25) is 0 Å². The van der Waals surface area contributed by atoms with Gasteiger partial charge in [-0.25, -0.2) is 4.98 Å². The molecular weight excluding hydrogens is 284 g/mol. The summed E-state index contributed by atoms with van der Waals surface area (Å²) in [5.41, 5.74) is 7.95. The van der Waals surface area contributed by atoms with E-state index in [0.717, 1.165) is 16.9 Å². The van der Waals surface area contributed by atoms with E-state index in [9.17, 15) is 4.79 Å². The van der Waals surface area contributed by atoms with Gasteiger partial charge in [-0.1, -0.05) is 29.5 Å². The molecule has 0 saturated carbocycles. The Balaban J connectivity index is 1.96. The number of rotatable bonds is 4. The summed E-state index contributed by atoms with van der Waals surface area (Å²) >= 11 is 1.39. The van der Waals surface area contributed by atoms with Crippen LogP contribution < -0.4 is 11.1 Å². The molecule has 0 aliphatic heterocycles. The highest BCUT2D eigenvalue weighted by Gasteiger charge is 2.14. The van der Waals surface area contributed by atoms with Crippen LogP contribution in [0.3, 0.4) is 0 Å². The first-order valence-corrected chi connectivity index (χ1v) is 7.08. The highest BCUT2D eigenvalue weighted by molar-refractivity contribution is 7.19. The molecule has 2 aromatic heterocycles. The van der Waals surface area contributed by atoms with Crippen LogP contribution in [0.1, 0.15) is 10.5 Å². The number of aromatic nitrogens is 2. The normalized spacial score (nSPS) is 10.3. The number of anilines is 3. The maximum absolute atomic E-state index is 11.1. The van der Waals surface area contributed by atoms with Crippen LogP contribution in [0, 0.1) is 0 Å². The van der Waals surface area contributed by atoms with Crippen molar-refractivity contribution in [3.05, 3.63) is 54.4 Å². The lowest BCUT2D eigenvalue weighted by atomic mass is 10.2. The fraction of sp³-hybridized carbons (Fsp3) is 0. The standard InChI is InChI=1S/C15H12N4OS/c16-14-13(11-7-4-8-17-12(11)9-20)21-15(19-14)18-10-5-2-1-3-6-10/h1-9H,16H2,(H,18,19). The fourth-order valence-electron chi connectivity index (χ4n) is 1.93. The Hall–Kier alpha value is -2.73. The monoisotopic (exact) mass is 296 g/mol. The number of nitrogens with zero attached hydrogens (tertiary/aromatic N) is 2. The molecule has 0 aliphatic rings. The molecule has 3 N–H and O–H groups in total. The lowest BCUT2D eigenvalue weighted by Crippen LogP contribution is -1.93. The summed E-state index contributed by atoms with van der Waals surface area (Å²) in [6, 6.07) is 13.3. The Morgan fingerprint density at radius 2 is 1.95 bits per heavy atom. The number of nitrogens with two attached hydrogens (primary N) is 1. The maximum atomic E-state index is 11.1. The predicted molar refractivity (Wildman–Crippen MR) is 84.9 cm³/mol. The molecule has 104 valence electrons. The number of nitrogen functional groups attached to an aromatic ring is 1. The molecule has 0 aliphatic carbocycles. The van der Waals surface area contributed by atoms with E-state index in [1.165, 1.54) is 11.3 Å². The highest BCUT2D eigenvalue weighted by atomic mass is 32.1. The number of carbonyl (C=O) groups is 1. The van der Waals surface area contributed by atoms with Gasteiger partial charge in [0.15, 0.2) is 11.4 Å². The second kappa shape index (κ2) is 5.72. The van der Waals surface area contributed by atoms with E-state index in [2.05, 4.69) is 15.3 Å². The number of hydrogen-bond donors (Lipinski definition) is 2. The molecule has 0 spiro atoms. The number of aldehydes is 1. The molecule has 0 saturated heterocycles. The smallest absolute Gasteiger partial charge is 0.189 e. The van der Waals surface area contributed by atoms with E-state index in [1.807, 2.05) is 36.4 Å². The number of thiazole rings is 1. The van der Waals surface area contributed by atoms with Crippen molar-refractivity contribution in [2.75, 3.05) is 11.1 Å². The summed E-state index contributed by atoms with van der Waals surface area (Å²) in [5.74, 6) is 0.384. The summed E-state index contributed by atoms with van der Waals surface area (Å²) in [6.07, 6.45) is 2.30. The molecule has 0 radical (unpaired) electrons. The third-order valence-corrected chi connectivity index (χ3v) is 3.89. The molecule has 0 unspecified atom stereocenters. The molecule has 1 aromatic carbocycles. The van der Waals surface area contributed by atoms with E-state index in [-0.39, 0.29) is 0 Å². The van der Waals surface area contributed by atoms with Gasteiger partial charge in [0.05, 0.1) is 4.88 Å². The number of para-hydroxylation sites is 1. The Morgan fingerprint density at radius 1 is 1.14 bits per heavy atom. The minimum atomic E-state index is 0.360. The van der Waals surface area contributed by atoms with Crippen LogP contribution in [0.5, 0.6) is 0 Å². The van der Waals surface area contributed by atoms with Gasteiger partial charge < -0.3 is 11.1 Å². The molecule has 5 nitrogen and oxygen atoms in total. The second-order valence-corrected chi connectivity index (χ2v) is 5.28. The van der Waals surface area contributed by atoms with Crippen molar-refractivity contribution in [2.24, 2.45) is 0 Å². The van der Waals surface area contributed by atoms with Crippen molar-refractivity contribution in [1.82, 2.24) is 9.97 Å². The lowest BCUT2D eigenvalue weighted by Gasteiger charge is -2.01. The molecule has 0 fully saturated rings. The van der Waals surface area contributed by atoms with Crippen LogP contribution in [0.15, 0.2) is 48.7 Å². The second-order valence-electron chi connectivity index (χ2n) is 4.28. The Bertz CT molecular complexity index is 770. The molecular formula is C15H12N4OS. The zero-order valence-electron chi connectivity index (χ0n) is 11.0. The zero-order valence-corrected chi connectivity index (χ0v) is 11.8. The van der Waals surface area contributed by atoms with Gasteiger partial charge in [0, 0.05) is 17.4 Å². The summed E-state index contributed by atoms with van der Waals surface area (Å²) in [6.45, 7) is 0. The lowest BCUT2D eigenvalue weighted by molar-refractivity contribution is 0.111. The quantitative estimate of drug-likeness (QED) is 0.722. The zero-order chi connectivity index (χ0) is 14.7. The van der Waals surface area contributed by atoms with Crippen LogP contribution >= 0.6 is 11.3 Å². The SMILES string of the molecule is Nc1nc(Nc2ccccc2)sc1-c1cccnc1C=O. The number of pyridine rings is 1. The molecule has 3 aromatic rings. The van der Waals surface area contributed by atoms with Crippen LogP contribution in [-0.2, 0) is 0 Å². The van der Waals surface area contributed by atoms with Gasteiger partial charge >= 0.3 is 0 Å². The van der Waals surface area contributed by atoms with Gasteiger partial charge in [0.25, 0.3) is 0 Å². The largest absolute Gasteiger partial charge is 0.382 e. The predicted octanol–water partition coefficient (Wildman–Crippen LogP) is 3.34. The minimum Gasteiger partial charge on any atom is -0.382 e. The van der Waals surface area contributed by atoms with Crippen molar-refractivity contribution >= 4 is 34.3 Å². The molecule has 6 heteroatoms. The summed E-state index contributed by atoms with van der Waals surface area (Å²) in [7, 11) is 0. The maximum Gasteiger partial charge on any atom is 0.189 e. The van der Waals surface area contributed by atoms with Crippen LogP contribution in [-0.4, -0.2) is 16.3 Å². The third-order valence-electron chi connectivity index (χ3n) is 2.87. The topological polar surface area (TPSA) is 80.9 Å². The highest BCUT2D eigenvalue weighted by Crippen LogP contribution is 2.36.